The zero-order chi connectivity index (χ0) is 35.2. The zero-order valence-electron chi connectivity index (χ0n) is 27.5. The minimum absolute atomic E-state index is 0.130. The molecule has 1 unspecified atom stereocenters. The van der Waals surface area contributed by atoms with Gasteiger partial charge in [0.25, 0.3) is 0 Å². The Hall–Kier alpha value is -4.30. The fraction of sp³-hybridized carbons (Fsp3) is 0.500. The van der Waals surface area contributed by atoms with E-state index in [-0.39, 0.29) is 39.7 Å². The van der Waals surface area contributed by atoms with Gasteiger partial charge in [0.2, 0.25) is 11.7 Å². The molecule has 0 radical (unpaired) electrons. The highest BCUT2D eigenvalue weighted by Gasteiger charge is 2.38. The van der Waals surface area contributed by atoms with Crippen LogP contribution in [-0.2, 0) is 24.2 Å². The maximum Gasteiger partial charge on any atom is 0.342 e. The number of methoxy groups -OCH3 is 3. The Bertz CT molecular complexity index is 1640. The minimum Gasteiger partial charge on any atom is -0.507 e. The Balaban J connectivity index is 1.86. The topological polar surface area (TPSA) is 195 Å². The Morgan fingerprint density at radius 2 is 1.69 bits per heavy atom. The average molecular weight is 690 g/mol. The van der Waals surface area contributed by atoms with E-state index in [1.54, 1.807) is 19.1 Å². The van der Waals surface area contributed by atoms with Crippen LogP contribution >= 0.6 is 0 Å². The number of cyclic esters (lactones) is 1. The fourth-order valence-electron chi connectivity index (χ4n) is 6.13. The Morgan fingerprint density at radius 1 is 1.02 bits per heavy atom. The molecule has 1 amide bonds. The number of esters is 1. The van der Waals surface area contributed by atoms with E-state index in [9.17, 15) is 38.1 Å². The summed E-state index contributed by atoms with van der Waals surface area (Å²) in [7, 11) is 0.627. The molecule has 0 saturated carbocycles. The lowest BCUT2D eigenvalue weighted by atomic mass is 9.84. The zero-order valence-corrected chi connectivity index (χ0v) is 28.3. The number of carbonyl (C=O) groups is 3. The van der Waals surface area contributed by atoms with Gasteiger partial charge in [-0.1, -0.05) is 12.2 Å². The number of hydrogen-bond acceptors (Lipinski definition) is 12. The Kier molecular flexibility index (Phi) is 12.0. The van der Waals surface area contributed by atoms with E-state index in [2.05, 4.69) is 5.32 Å². The van der Waals surface area contributed by atoms with Gasteiger partial charge in [0.1, 0.15) is 22.8 Å². The summed E-state index contributed by atoms with van der Waals surface area (Å²) in [4.78, 5) is 39.3. The van der Waals surface area contributed by atoms with Gasteiger partial charge in [-0.3, -0.25) is 9.59 Å². The molecule has 4 rings (SSSR count). The second-order valence-electron chi connectivity index (χ2n) is 12.1. The first-order valence-corrected chi connectivity index (χ1v) is 17.6. The van der Waals surface area contributed by atoms with Crippen LogP contribution in [0, 0.1) is 0 Å². The van der Waals surface area contributed by atoms with Crippen molar-refractivity contribution in [2.24, 2.45) is 0 Å². The number of phenols is 2. The normalized spacial score (nSPS) is 22.8. The standard InChI is InChI=1S/C34H43NO12S/c1-19-9-8-12-22(36)11-7-5-6-10-20-13-25(37)31(32(40)30(20)34(41)47-19)23(16-29(39)35-24-17-48(42,43)18-26(24)38)21-14-27(44-2)33(46-4)28(15-21)45-3/h6,10,13-15,19,23-24,26,37-38,40H,5,7-9,11-12,16-18H2,1-4H3,(H,35,39)/b10-6+/t19-,23?,24-,26+/m0/s1. The Morgan fingerprint density at radius 3 is 2.29 bits per heavy atom. The van der Waals surface area contributed by atoms with Crippen LogP contribution in [-0.4, -0.2) is 92.5 Å². The van der Waals surface area contributed by atoms with E-state index in [1.165, 1.54) is 39.5 Å². The third-order valence-corrected chi connectivity index (χ3v) is 10.3. The molecule has 48 heavy (non-hydrogen) atoms. The third kappa shape index (κ3) is 8.58. The maximum absolute atomic E-state index is 13.6. The number of aliphatic hydroxyl groups excluding tert-OH is 1. The molecule has 2 aromatic carbocycles. The van der Waals surface area contributed by atoms with Crippen molar-refractivity contribution in [1.82, 2.24) is 5.32 Å². The van der Waals surface area contributed by atoms with Gasteiger partial charge in [0, 0.05) is 30.7 Å². The molecule has 2 aromatic rings. The van der Waals surface area contributed by atoms with E-state index >= 15 is 0 Å². The van der Waals surface area contributed by atoms with Crippen LogP contribution in [0.2, 0.25) is 0 Å². The molecule has 1 fully saturated rings. The number of hydrogen-bond donors (Lipinski definition) is 4. The number of aromatic hydroxyl groups is 2. The number of sulfone groups is 1. The molecule has 1 saturated heterocycles. The highest BCUT2D eigenvalue weighted by Crippen LogP contribution is 2.47. The molecule has 2 aliphatic heterocycles. The molecule has 0 bridgehead atoms. The van der Waals surface area contributed by atoms with Crippen molar-refractivity contribution in [1.29, 1.82) is 0 Å². The SMILES string of the molecule is COc1cc(C(CC(=O)N[C@H]2CS(=O)(=O)C[C@H]2O)c2c(O)cc3c(c2O)C(=O)O[C@@H](C)CCCC(=O)CCC/C=C/3)cc(OC)c1OC. The number of carbonyl (C=O) groups excluding carboxylic acids is 3. The summed E-state index contributed by atoms with van der Waals surface area (Å²) < 4.78 is 46.3. The van der Waals surface area contributed by atoms with Crippen molar-refractivity contribution in [3.05, 3.63) is 46.5 Å². The molecule has 2 aliphatic rings. The number of amides is 1. The van der Waals surface area contributed by atoms with Crippen molar-refractivity contribution in [2.45, 2.75) is 76.0 Å². The number of rotatable bonds is 8. The minimum atomic E-state index is -3.57. The second-order valence-corrected chi connectivity index (χ2v) is 14.3. The van der Waals surface area contributed by atoms with Crippen molar-refractivity contribution in [2.75, 3.05) is 32.8 Å². The molecular weight excluding hydrogens is 646 g/mol. The lowest BCUT2D eigenvalue weighted by Crippen LogP contribution is -2.43. The van der Waals surface area contributed by atoms with Gasteiger partial charge < -0.3 is 39.6 Å². The van der Waals surface area contributed by atoms with Gasteiger partial charge >= 0.3 is 5.97 Å². The molecule has 13 nitrogen and oxygen atoms in total. The number of nitrogens with one attached hydrogen (secondary N) is 1. The monoisotopic (exact) mass is 689 g/mol. The summed E-state index contributed by atoms with van der Waals surface area (Å²) >= 11 is 0. The third-order valence-electron chi connectivity index (χ3n) is 8.55. The van der Waals surface area contributed by atoms with Gasteiger partial charge in [-0.15, -0.1) is 0 Å². The van der Waals surface area contributed by atoms with Crippen LogP contribution < -0.4 is 19.5 Å². The summed E-state index contributed by atoms with van der Waals surface area (Å²) in [6.07, 6.45) is 3.76. The van der Waals surface area contributed by atoms with Crippen LogP contribution in [0.1, 0.15) is 84.8 Å². The first-order valence-electron chi connectivity index (χ1n) is 15.7. The summed E-state index contributed by atoms with van der Waals surface area (Å²) in [5, 5.41) is 36.1. The summed E-state index contributed by atoms with van der Waals surface area (Å²) in [5.41, 5.74) is 0.0750. The number of allylic oxidation sites excluding steroid dienone is 1. The number of ketones is 1. The van der Waals surface area contributed by atoms with Gasteiger partial charge in [-0.05, 0) is 61.9 Å². The quantitative estimate of drug-likeness (QED) is 0.296. The lowest BCUT2D eigenvalue weighted by molar-refractivity contribution is -0.122. The fourth-order valence-corrected chi connectivity index (χ4v) is 7.87. The molecule has 4 N–H and O–H groups in total. The predicted molar refractivity (Wildman–Crippen MR) is 176 cm³/mol. The van der Waals surface area contributed by atoms with E-state index in [0.29, 0.717) is 44.1 Å². The van der Waals surface area contributed by atoms with Crippen LogP contribution in [0.25, 0.3) is 6.08 Å². The van der Waals surface area contributed by atoms with Gasteiger partial charge in [-0.25, -0.2) is 13.2 Å². The second kappa shape index (κ2) is 15.7. The number of benzene rings is 2. The average Bonchev–Trinajstić information content (AvgIpc) is 3.28. The molecule has 0 spiro atoms. The van der Waals surface area contributed by atoms with Crippen molar-refractivity contribution < 1.29 is 57.1 Å². The number of ether oxygens (including phenoxy) is 4. The number of aliphatic hydroxyl groups is 1. The van der Waals surface area contributed by atoms with E-state index in [1.807, 2.05) is 0 Å². The summed E-state index contributed by atoms with van der Waals surface area (Å²) in [5.74, 6) is -3.93. The van der Waals surface area contributed by atoms with Gasteiger partial charge in [0.15, 0.2) is 21.3 Å². The van der Waals surface area contributed by atoms with Crippen LogP contribution in [0.15, 0.2) is 24.3 Å². The smallest absolute Gasteiger partial charge is 0.342 e. The van der Waals surface area contributed by atoms with Crippen molar-refractivity contribution in [3.8, 4) is 28.7 Å². The molecule has 262 valence electrons. The van der Waals surface area contributed by atoms with Gasteiger partial charge in [0.05, 0.1) is 51.1 Å². The lowest BCUT2D eigenvalue weighted by Gasteiger charge is -2.25. The van der Waals surface area contributed by atoms with Crippen LogP contribution in [0.4, 0.5) is 0 Å². The summed E-state index contributed by atoms with van der Waals surface area (Å²) in [6.45, 7) is 1.68. The maximum atomic E-state index is 13.6. The largest absolute Gasteiger partial charge is 0.507 e. The number of phenolic OH excluding ortho intramolecular Hbond substituents is 2. The molecule has 2 heterocycles. The first-order chi connectivity index (χ1) is 22.8. The highest BCUT2D eigenvalue weighted by atomic mass is 32.2. The molecule has 14 heteroatoms. The summed E-state index contributed by atoms with van der Waals surface area (Å²) in [6, 6.07) is 3.29. The Labute approximate surface area is 279 Å². The van der Waals surface area contributed by atoms with E-state index < -0.39 is 75.3 Å². The molecule has 0 aromatic heterocycles. The van der Waals surface area contributed by atoms with E-state index in [4.69, 9.17) is 18.9 Å². The number of Topliss-reactive ketones (excluding diaryl/α,β-unsaturated/α-hetero) is 1. The van der Waals surface area contributed by atoms with E-state index in [0.717, 1.165) is 0 Å². The van der Waals surface area contributed by atoms with Crippen LogP contribution in [0.5, 0.6) is 28.7 Å². The first kappa shape index (κ1) is 36.5. The highest BCUT2D eigenvalue weighted by molar-refractivity contribution is 7.91. The van der Waals surface area contributed by atoms with Gasteiger partial charge in [-0.2, -0.15) is 0 Å². The number of fused-ring (bicyclic) bond motifs is 1. The predicted octanol–water partition coefficient (Wildman–Crippen LogP) is 3.40. The van der Waals surface area contributed by atoms with Crippen LogP contribution in [0.3, 0.4) is 0 Å². The molecular formula is C34H43NO12S. The molecule has 0 aliphatic carbocycles. The van der Waals surface area contributed by atoms with Crippen molar-refractivity contribution >= 4 is 33.6 Å². The van der Waals surface area contributed by atoms with Crippen molar-refractivity contribution in [3.63, 3.8) is 0 Å². The molecule has 4 atom stereocenters.